The van der Waals surface area contributed by atoms with Crippen LogP contribution >= 0.6 is 0 Å². The average Bonchev–Trinajstić information content (AvgIpc) is 2.75. The Morgan fingerprint density at radius 2 is 1.75 bits per heavy atom. The van der Waals surface area contributed by atoms with Gasteiger partial charge in [0.15, 0.2) is 0 Å². The molecule has 1 unspecified atom stereocenters. The number of amides is 1. The molecular weight excluding hydrogens is 350 g/mol. The Morgan fingerprint density at radius 1 is 1.11 bits per heavy atom. The molecule has 5 nitrogen and oxygen atoms in total. The summed E-state index contributed by atoms with van der Waals surface area (Å²) in [5.74, 6) is 0.622. The third kappa shape index (κ3) is 5.26. The second kappa shape index (κ2) is 9.60. The molecular formula is C23H31N3O2. The van der Waals surface area contributed by atoms with Crippen molar-refractivity contribution in [2.45, 2.75) is 45.2 Å². The first-order valence-corrected chi connectivity index (χ1v) is 10.2. The fraction of sp³-hybridized carbons (Fsp3) is 0.435. The van der Waals surface area contributed by atoms with Gasteiger partial charge in [0.05, 0.1) is 7.11 Å². The second-order valence-corrected chi connectivity index (χ2v) is 7.47. The molecule has 1 heterocycles. The van der Waals surface area contributed by atoms with Crippen LogP contribution in [0.3, 0.4) is 0 Å². The number of carbonyl (C=O) groups excluding carboxylic acids is 1. The van der Waals surface area contributed by atoms with Crippen LogP contribution in [0.4, 0.5) is 11.4 Å². The van der Waals surface area contributed by atoms with Crippen molar-refractivity contribution in [3.8, 4) is 5.75 Å². The van der Waals surface area contributed by atoms with Gasteiger partial charge in [0.2, 0.25) is 0 Å². The minimum absolute atomic E-state index is 0.118. The first-order chi connectivity index (χ1) is 13.6. The second-order valence-electron chi connectivity index (χ2n) is 7.47. The van der Waals surface area contributed by atoms with Crippen molar-refractivity contribution >= 4 is 17.3 Å². The van der Waals surface area contributed by atoms with Crippen LogP contribution in [-0.4, -0.2) is 38.2 Å². The predicted molar refractivity (Wildman–Crippen MR) is 116 cm³/mol. The van der Waals surface area contributed by atoms with Crippen LogP contribution in [0, 0.1) is 0 Å². The highest BCUT2D eigenvalue weighted by atomic mass is 16.5. The lowest BCUT2D eigenvalue weighted by Crippen LogP contribution is -2.45. The number of hydrogen-bond acceptors (Lipinski definition) is 4. The largest absolute Gasteiger partial charge is 0.497 e. The highest BCUT2D eigenvalue weighted by Gasteiger charge is 2.20. The van der Waals surface area contributed by atoms with E-state index in [1.54, 1.807) is 31.4 Å². The van der Waals surface area contributed by atoms with Crippen molar-refractivity contribution < 1.29 is 9.53 Å². The number of anilines is 2. The first kappa shape index (κ1) is 20.2. The van der Waals surface area contributed by atoms with Crippen LogP contribution in [0.5, 0.6) is 5.75 Å². The lowest BCUT2D eigenvalue weighted by atomic mass is 10.0. The van der Waals surface area contributed by atoms with Crippen molar-refractivity contribution in [2.75, 3.05) is 30.4 Å². The standard InChI is InChI=1S/C23H31N3O2/c1-4-17(2)24-20-13-15-26(16-14-20)21-9-7-19(8-10-21)25-23(27)18-5-11-22(28-3)12-6-18/h5-12,17,20,24H,4,13-16H2,1-3H3,(H,25,27). The van der Waals surface area contributed by atoms with Crippen LogP contribution < -0.4 is 20.3 Å². The molecule has 5 heteroatoms. The first-order valence-electron chi connectivity index (χ1n) is 10.2. The molecule has 0 radical (unpaired) electrons. The van der Waals surface area contributed by atoms with E-state index in [4.69, 9.17) is 4.74 Å². The SMILES string of the molecule is CCC(C)NC1CCN(c2ccc(NC(=O)c3ccc(OC)cc3)cc2)CC1. The summed E-state index contributed by atoms with van der Waals surface area (Å²) in [6.07, 6.45) is 3.50. The zero-order valence-electron chi connectivity index (χ0n) is 17.1. The molecule has 1 saturated heterocycles. The topological polar surface area (TPSA) is 53.6 Å². The number of ether oxygens (including phenoxy) is 1. The van der Waals surface area contributed by atoms with Gasteiger partial charge in [-0.2, -0.15) is 0 Å². The molecule has 1 amide bonds. The molecule has 0 aromatic heterocycles. The summed E-state index contributed by atoms with van der Waals surface area (Å²) < 4.78 is 5.13. The Kier molecular flexibility index (Phi) is 6.93. The van der Waals surface area contributed by atoms with E-state index >= 15 is 0 Å². The van der Waals surface area contributed by atoms with Crippen molar-refractivity contribution in [3.63, 3.8) is 0 Å². The molecule has 2 aromatic carbocycles. The average molecular weight is 382 g/mol. The van der Waals surface area contributed by atoms with E-state index in [1.807, 2.05) is 12.1 Å². The molecule has 0 saturated carbocycles. The molecule has 1 fully saturated rings. The maximum absolute atomic E-state index is 12.4. The lowest BCUT2D eigenvalue weighted by Gasteiger charge is -2.35. The Morgan fingerprint density at radius 3 is 2.32 bits per heavy atom. The fourth-order valence-electron chi connectivity index (χ4n) is 3.53. The molecule has 150 valence electrons. The molecule has 0 spiro atoms. The minimum Gasteiger partial charge on any atom is -0.497 e. The van der Waals surface area contributed by atoms with Gasteiger partial charge in [-0.3, -0.25) is 4.79 Å². The quantitative estimate of drug-likeness (QED) is 0.751. The van der Waals surface area contributed by atoms with Gasteiger partial charge in [-0.25, -0.2) is 0 Å². The highest BCUT2D eigenvalue weighted by molar-refractivity contribution is 6.04. The van der Waals surface area contributed by atoms with Crippen LogP contribution in [0.25, 0.3) is 0 Å². The number of nitrogens with one attached hydrogen (secondary N) is 2. The molecule has 1 aliphatic heterocycles. The summed E-state index contributed by atoms with van der Waals surface area (Å²) in [6, 6.07) is 16.4. The maximum Gasteiger partial charge on any atom is 0.255 e. The summed E-state index contributed by atoms with van der Waals surface area (Å²) in [6.45, 7) is 6.60. The highest BCUT2D eigenvalue weighted by Crippen LogP contribution is 2.23. The van der Waals surface area contributed by atoms with E-state index < -0.39 is 0 Å². The zero-order chi connectivity index (χ0) is 19.9. The number of piperidine rings is 1. The van der Waals surface area contributed by atoms with Crippen molar-refractivity contribution in [3.05, 3.63) is 54.1 Å². The van der Waals surface area contributed by atoms with Crippen LogP contribution in [-0.2, 0) is 0 Å². The van der Waals surface area contributed by atoms with Crippen molar-refractivity contribution in [1.82, 2.24) is 5.32 Å². The van der Waals surface area contributed by atoms with Crippen molar-refractivity contribution in [1.29, 1.82) is 0 Å². The molecule has 3 rings (SSSR count). The van der Waals surface area contributed by atoms with Gasteiger partial charge in [0.1, 0.15) is 5.75 Å². The van der Waals surface area contributed by atoms with E-state index in [-0.39, 0.29) is 5.91 Å². The predicted octanol–water partition coefficient (Wildman–Crippen LogP) is 4.30. The molecule has 0 aliphatic carbocycles. The van der Waals surface area contributed by atoms with E-state index in [0.717, 1.165) is 24.5 Å². The van der Waals surface area contributed by atoms with Gasteiger partial charge in [0.25, 0.3) is 5.91 Å². The molecule has 28 heavy (non-hydrogen) atoms. The molecule has 2 aromatic rings. The van der Waals surface area contributed by atoms with Gasteiger partial charge < -0.3 is 20.3 Å². The van der Waals surface area contributed by atoms with Gasteiger partial charge in [-0.15, -0.1) is 0 Å². The Labute approximate surface area is 168 Å². The van der Waals surface area contributed by atoms with Gasteiger partial charge in [-0.1, -0.05) is 6.92 Å². The monoisotopic (exact) mass is 381 g/mol. The summed E-state index contributed by atoms with van der Waals surface area (Å²) in [4.78, 5) is 14.8. The summed E-state index contributed by atoms with van der Waals surface area (Å²) in [5, 5.41) is 6.66. The minimum atomic E-state index is -0.118. The van der Waals surface area contributed by atoms with Gasteiger partial charge in [0, 0.05) is 42.1 Å². The third-order valence-corrected chi connectivity index (χ3v) is 5.47. The van der Waals surface area contributed by atoms with E-state index in [1.165, 1.54) is 24.9 Å². The zero-order valence-corrected chi connectivity index (χ0v) is 17.1. The third-order valence-electron chi connectivity index (χ3n) is 5.47. The van der Waals surface area contributed by atoms with Crippen LogP contribution in [0.1, 0.15) is 43.5 Å². The Balaban J connectivity index is 1.53. The fourth-order valence-corrected chi connectivity index (χ4v) is 3.53. The molecule has 2 N–H and O–H groups in total. The maximum atomic E-state index is 12.4. The van der Waals surface area contributed by atoms with Gasteiger partial charge >= 0.3 is 0 Å². The number of rotatable bonds is 7. The molecule has 1 aliphatic rings. The number of carbonyl (C=O) groups is 1. The Hall–Kier alpha value is -2.53. The smallest absolute Gasteiger partial charge is 0.255 e. The van der Waals surface area contributed by atoms with E-state index in [0.29, 0.717) is 17.6 Å². The Bertz CT molecular complexity index is 750. The normalized spacial score (nSPS) is 15.9. The summed E-state index contributed by atoms with van der Waals surface area (Å²) in [5.41, 5.74) is 2.63. The van der Waals surface area contributed by atoms with E-state index in [2.05, 4.69) is 41.5 Å². The molecule has 1 atom stereocenters. The van der Waals surface area contributed by atoms with Gasteiger partial charge in [-0.05, 0) is 74.7 Å². The van der Waals surface area contributed by atoms with Crippen LogP contribution in [0.2, 0.25) is 0 Å². The molecule has 0 bridgehead atoms. The number of nitrogens with zero attached hydrogens (tertiary/aromatic N) is 1. The summed E-state index contributed by atoms with van der Waals surface area (Å²) >= 11 is 0. The number of benzene rings is 2. The lowest BCUT2D eigenvalue weighted by molar-refractivity contribution is 0.102. The number of hydrogen-bond donors (Lipinski definition) is 2. The van der Waals surface area contributed by atoms with E-state index in [9.17, 15) is 4.79 Å². The summed E-state index contributed by atoms with van der Waals surface area (Å²) in [7, 11) is 1.61. The number of methoxy groups -OCH3 is 1. The van der Waals surface area contributed by atoms with Crippen LogP contribution in [0.15, 0.2) is 48.5 Å². The van der Waals surface area contributed by atoms with Crippen molar-refractivity contribution in [2.24, 2.45) is 0 Å².